The predicted octanol–water partition coefficient (Wildman–Crippen LogP) is 14.0. The van der Waals surface area contributed by atoms with E-state index in [1.165, 1.54) is 65.6 Å². The minimum absolute atomic E-state index is 0.295. The van der Waals surface area contributed by atoms with Crippen molar-refractivity contribution in [3.63, 3.8) is 0 Å². The van der Waals surface area contributed by atoms with Gasteiger partial charge in [-0.2, -0.15) is 0 Å². The molecule has 0 atom stereocenters. The highest BCUT2D eigenvalue weighted by Gasteiger charge is 2.38. The molecule has 3 heterocycles. The minimum Gasteiger partial charge on any atom is -0.309 e. The molecular weight excluding hydrogens is 717 g/mol. The van der Waals surface area contributed by atoms with Crippen LogP contribution >= 0.6 is 0 Å². The third-order valence-corrected chi connectivity index (χ3v) is 12.5. The van der Waals surface area contributed by atoms with Crippen LogP contribution in [-0.4, -0.2) is 19.1 Å². The van der Waals surface area contributed by atoms with Gasteiger partial charge in [0, 0.05) is 43.8 Å². The van der Waals surface area contributed by atoms with Gasteiger partial charge in [0.05, 0.1) is 33.5 Å². The van der Waals surface area contributed by atoms with Gasteiger partial charge in [0.1, 0.15) is 0 Å². The van der Waals surface area contributed by atoms with Crippen LogP contribution in [0.4, 0.5) is 0 Å². The fraction of sp³-hybridized carbons (Fsp3) is 0.0545. The van der Waals surface area contributed by atoms with Crippen molar-refractivity contribution in [1.82, 2.24) is 19.1 Å². The highest BCUT2D eigenvalue weighted by molar-refractivity contribution is 6.22. The lowest BCUT2D eigenvalue weighted by atomic mass is 9.77. The molecule has 1 aliphatic carbocycles. The molecular formula is C55H38N4. The van der Waals surface area contributed by atoms with E-state index in [0.29, 0.717) is 5.95 Å². The van der Waals surface area contributed by atoms with Gasteiger partial charge in [0.2, 0.25) is 5.95 Å². The first-order valence-electron chi connectivity index (χ1n) is 20.3. The number of aromatic nitrogens is 4. The largest absolute Gasteiger partial charge is 0.309 e. The Bertz CT molecular complexity index is 3500. The first-order valence-corrected chi connectivity index (χ1v) is 20.3. The molecule has 0 radical (unpaired) electrons. The topological polar surface area (TPSA) is 35.6 Å². The molecule has 0 amide bonds. The average Bonchev–Trinajstić information content (AvgIpc) is 3.91. The van der Waals surface area contributed by atoms with E-state index in [1.807, 2.05) is 0 Å². The van der Waals surface area contributed by atoms with Crippen LogP contribution in [0, 0.1) is 0 Å². The van der Waals surface area contributed by atoms with Crippen LogP contribution in [0.2, 0.25) is 0 Å². The van der Waals surface area contributed by atoms with Crippen LogP contribution in [0.15, 0.2) is 188 Å². The smallest absolute Gasteiger partial charge is 0.235 e. The first kappa shape index (κ1) is 33.6. The molecule has 59 heavy (non-hydrogen) atoms. The van der Waals surface area contributed by atoms with Crippen molar-refractivity contribution in [3.8, 4) is 34.0 Å². The maximum absolute atomic E-state index is 5.49. The molecule has 0 saturated heterocycles. The maximum Gasteiger partial charge on any atom is 0.235 e. The number of allylic oxidation sites excluding steroid dienone is 1. The molecule has 1 aliphatic rings. The number of fused-ring (bicyclic) bond motifs is 9. The molecule has 0 saturated carbocycles. The van der Waals surface area contributed by atoms with E-state index in [4.69, 9.17) is 9.97 Å². The number of benzene rings is 8. The summed E-state index contributed by atoms with van der Waals surface area (Å²) in [5.74, 6) is 0.671. The van der Waals surface area contributed by atoms with Gasteiger partial charge in [-0.15, -0.1) is 0 Å². The van der Waals surface area contributed by atoms with Crippen molar-refractivity contribution >= 4 is 66.0 Å². The average molecular weight is 755 g/mol. The summed E-state index contributed by atoms with van der Waals surface area (Å²) in [6.07, 6.45) is 2.28. The SMILES string of the molecule is CC1(C)C(c2ccccc2)=Cc2nc(-n3c4ccccc4c4cc(-c5ccc6c(c5)c5c7ccccc7ccc5n6-c5ccccc5)ccc43)nc(-c3ccccc3)c21. The third-order valence-electron chi connectivity index (χ3n) is 12.5. The molecule has 0 unspecified atom stereocenters. The van der Waals surface area contributed by atoms with Gasteiger partial charge in [0.15, 0.2) is 0 Å². The standard InChI is InChI=1S/C55H38N4/c1-55(2)45(36-17-6-3-7-18-36)34-46-52(55)53(37-19-8-4-9-20-37)57-54(56-46)59-47-25-15-14-24-42(47)43-32-38(27-29-48(43)59)39-28-30-49-44(33-39)51-41-23-13-12-16-35(41)26-31-50(51)58(49)40-21-10-5-11-22-40/h3-34H,1-2H3. The summed E-state index contributed by atoms with van der Waals surface area (Å²) in [5.41, 5.74) is 14.4. The second-order valence-corrected chi connectivity index (χ2v) is 16.2. The number of nitrogens with zero attached hydrogens (tertiary/aromatic N) is 4. The summed E-state index contributed by atoms with van der Waals surface area (Å²) in [4.78, 5) is 10.9. The van der Waals surface area contributed by atoms with Crippen molar-refractivity contribution < 1.29 is 0 Å². The molecule has 0 fully saturated rings. The van der Waals surface area contributed by atoms with Crippen LogP contribution in [0.5, 0.6) is 0 Å². The minimum atomic E-state index is -0.295. The molecule has 0 spiro atoms. The second-order valence-electron chi connectivity index (χ2n) is 16.2. The molecule has 0 bridgehead atoms. The summed E-state index contributed by atoms with van der Waals surface area (Å²) in [5, 5.41) is 7.36. The van der Waals surface area contributed by atoms with Crippen LogP contribution in [0.1, 0.15) is 30.7 Å². The Morgan fingerprint density at radius 2 is 1.00 bits per heavy atom. The lowest BCUT2D eigenvalue weighted by Crippen LogP contribution is -2.19. The van der Waals surface area contributed by atoms with Crippen molar-refractivity contribution in [3.05, 3.63) is 205 Å². The molecule has 4 heteroatoms. The number of hydrogen-bond donors (Lipinski definition) is 0. The molecule has 8 aromatic carbocycles. The molecule has 12 rings (SSSR count). The highest BCUT2D eigenvalue weighted by Crippen LogP contribution is 2.50. The van der Waals surface area contributed by atoms with Gasteiger partial charge in [-0.3, -0.25) is 4.57 Å². The lowest BCUT2D eigenvalue weighted by Gasteiger charge is -2.27. The zero-order valence-corrected chi connectivity index (χ0v) is 32.8. The number of para-hydroxylation sites is 2. The monoisotopic (exact) mass is 754 g/mol. The Kier molecular flexibility index (Phi) is 7.24. The van der Waals surface area contributed by atoms with Gasteiger partial charge in [0.25, 0.3) is 0 Å². The summed E-state index contributed by atoms with van der Waals surface area (Å²) in [7, 11) is 0. The number of rotatable bonds is 5. The Balaban J connectivity index is 1.07. The summed E-state index contributed by atoms with van der Waals surface area (Å²) < 4.78 is 4.66. The van der Waals surface area contributed by atoms with E-state index in [0.717, 1.165) is 39.2 Å². The van der Waals surface area contributed by atoms with Crippen LogP contribution in [-0.2, 0) is 5.41 Å². The van der Waals surface area contributed by atoms with Crippen LogP contribution < -0.4 is 0 Å². The molecule has 0 aliphatic heterocycles. The van der Waals surface area contributed by atoms with Crippen molar-refractivity contribution in [2.75, 3.05) is 0 Å². The van der Waals surface area contributed by atoms with E-state index in [-0.39, 0.29) is 5.41 Å². The van der Waals surface area contributed by atoms with Crippen molar-refractivity contribution in [2.45, 2.75) is 19.3 Å². The Morgan fingerprint density at radius 3 is 1.75 bits per heavy atom. The van der Waals surface area contributed by atoms with Gasteiger partial charge in [-0.1, -0.05) is 153 Å². The van der Waals surface area contributed by atoms with Crippen molar-refractivity contribution in [2.24, 2.45) is 0 Å². The molecule has 11 aromatic rings. The molecule has 0 N–H and O–H groups in total. The molecule has 3 aromatic heterocycles. The van der Waals surface area contributed by atoms with E-state index in [9.17, 15) is 0 Å². The van der Waals surface area contributed by atoms with Gasteiger partial charge in [-0.05, 0) is 87.6 Å². The summed E-state index contributed by atoms with van der Waals surface area (Å²) >= 11 is 0. The van der Waals surface area contributed by atoms with E-state index in [1.54, 1.807) is 0 Å². The Hall–Kier alpha value is -7.56. The molecule has 278 valence electrons. The van der Waals surface area contributed by atoms with Crippen molar-refractivity contribution in [1.29, 1.82) is 0 Å². The fourth-order valence-electron chi connectivity index (χ4n) is 9.80. The number of hydrogen-bond acceptors (Lipinski definition) is 2. The van der Waals surface area contributed by atoms with Gasteiger partial charge in [-0.25, -0.2) is 9.97 Å². The first-order chi connectivity index (χ1) is 29.0. The van der Waals surface area contributed by atoms with E-state index >= 15 is 0 Å². The highest BCUT2D eigenvalue weighted by atomic mass is 15.2. The normalized spacial score (nSPS) is 13.5. The second kappa shape index (κ2) is 12.7. The fourth-order valence-corrected chi connectivity index (χ4v) is 9.80. The maximum atomic E-state index is 5.49. The van der Waals surface area contributed by atoms with Crippen LogP contribution in [0.3, 0.4) is 0 Å². The Labute approximate surface area is 342 Å². The lowest BCUT2D eigenvalue weighted by molar-refractivity contribution is 0.696. The van der Waals surface area contributed by atoms with E-state index < -0.39 is 0 Å². The quantitative estimate of drug-likeness (QED) is 0.175. The summed E-state index contributed by atoms with van der Waals surface area (Å²) in [6, 6.07) is 67.7. The Morgan fingerprint density at radius 1 is 0.424 bits per heavy atom. The molecule has 4 nitrogen and oxygen atoms in total. The van der Waals surface area contributed by atoms with Gasteiger partial charge >= 0.3 is 0 Å². The summed E-state index contributed by atoms with van der Waals surface area (Å²) in [6.45, 7) is 4.60. The predicted molar refractivity (Wildman–Crippen MR) is 246 cm³/mol. The zero-order chi connectivity index (χ0) is 39.2. The van der Waals surface area contributed by atoms with Gasteiger partial charge < -0.3 is 4.57 Å². The third kappa shape index (κ3) is 5.03. The zero-order valence-electron chi connectivity index (χ0n) is 32.8. The van der Waals surface area contributed by atoms with E-state index in [2.05, 4.69) is 217 Å². The van der Waals surface area contributed by atoms with Crippen LogP contribution in [0.25, 0.3) is 100 Å².